The molecule has 1 aromatic heterocycles. The summed E-state index contributed by atoms with van der Waals surface area (Å²) in [4.78, 5) is 13.7. The molecule has 7 nitrogen and oxygen atoms in total. The molecule has 1 heterocycles. The zero-order chi connectivity index (χ0) is 17.7. The number of halogens is 2. The molecule has 2 amide bonds. The summed E-state index contributed by atoms with van der Waals surface area (Å²) in [5.41, 5.74) is 7.14. The number of nitrogen functional groups attached to an aromatic ring is 1. The third kappa shape index (κ3) is 4.54. The number of amides is 2. The molecule has 0 aliphatic rings. The average molecular weight is 367 g/mol. The fourth-order valence-corrected chi connectivity index (χ4v) is 2.67. The van der Waals surface area contributed by atoms with Crippen LogP contribution in [0.2, 0.25) is 10.0 Å². The molecule has 1 aromatic carbocycles. The highest BCUT2D eigenvalue weighted by Gasteiger charge is 2.12. The molecule has 0 aliphatic carbocycles. The predicted molar refractivity (Wildman–Crippen MR) is 94.1 cm³/mol. The second-order valence-electron chi connectivity index (χ2n) is 5.19. The van der Waals surface area contributed by atoms with Crippen LogP contribution in [0.4, 0.5) is 16.3 Å². The smallest absolute Gasteiger partial charge is 0.321 e. The van der Waals surface area contributed by atoms with Crippen molar-refractivity contribution in [1.29, 1.82) is 5.26 Å². The van der Waals surface area contributed by atoms with Gasteiger partial charge in [-0.1, -0.05) is 23.2 Å². The molecule has 0 radical (unpaired) electrons. The summed E-state index contributed by atoms with van der Waals surface area (Å²) in [6.07, 6.45) is 1.21. The van der Waals surface area contributed by atoms with Crippen LogP contribution in [-0.2, 0) is 6.42 Å². The number of carbonyl (C=O) groups excluding carboxylic acids is 1. The molecular formula is C15H16Cl2N6O. The SMILES string of the molecule is CN(CCCc1[nH]nc(N)c1C#N)C(=O)Nc1cc(Cl)cc(Cl)c1. The highest BCUT2D eigenvalue weighted by atomic mass is 35.5. The zero-order valence-corrected chi connectivity index (χ0v) is 14.4. The van der Waals surface area contributed by atoms with E-state index in [0.29, 0.717) is 46.4 Å². The van der Waals surface area contributed by atoms with Crippen LogP contribution >= 0.6 is 23.2 Å². The van der Waals surface area contributed by atoms with Crippen molar-refractivity contribution in [1.82, 2.24) is 15.1 Å². The molecule has 0 unspecified atom stereocenters. The fourth-order valence-electron chi connectivity index (χ4n) is 2.14. The lowest BCUT2D eigenvalue weighted by atomic mass is 10.1. The minimum atomic E-state index is -0.280. The van der Waals surface area contributed by atoms with Crippen molar-refractivity contribution in [3.8, 4) is 6.07 Å². The molecule has 0 bridgehead atoms. The third-order valence-electron chi connectivity index (χ3n) is 3.36. The number of hydrogen-bond donors (Lipinski definition) is 3. The van der Waals surface area contributed by atoms with Crippen LogP contribution in [0.3, 0.4) is 0 Å². The van der Waals surface area contributed by atoms with E-state index in [1.165, 1.54) is 4.90 Å². The summed E-state index contributed by atoms with van der Waals surface area (Å²) >= 11 is 11.8. The molecule has 0 spiro atoms. The Balaban J connectivity index is 1.86. The lowest BCUT2D eigenvalue weighted by molar-refractivity contribution is 0.222. The van der Waals surface area contributed by atoms with Crippen LogP contribution in [0.1, 0.15) is 17.7 Å². The summed E-state index contributed by atoms with van der Waals surface area (Å²) in [6.45, 7) is 0.490. The van der Waals surface area contributed by atoms with Crippen LogP contribution in [-0.4, -0.2) is 34.7 Å². The maximum absolute atomic E-state index is 12.1. The topological polar surface area (TPSA) is 111 Å². The van der Waals surface area contributed by atoms with Gasteiger partial charge in [0, 0.05) is 29.3 Å². The molecule has 0 fully saturated rings. The molecule has 24 heavy (non-hydrogen) atoms. The highest BCUT2D eigenvalue weighted by molar-refractivity contribution is 6.35. The van der Waals surface area contributed by atoms with Gasteiger partial charge in [0.25, 0.3) is 0 Å². The number of carbonyl (C=O) groups is 1. The Bertz CT molecular complexity index is 763. The number of benzene rings is 1. The van der Waals surface area contributed by atoms with Gasteiger partial charge in [0.15, 0.2) is 5.82 Å². The molecule has 0 aliphatic heterocycles. The maximum Gasteiger partial charge on any atom is 0.321 e. The van der Waals surface area contributed by atoms with E-state index in [0.717, 1.165) is 0 Å². The second-order valence-corrected chi connectivity index (χ2v) is 6.06. The van der Waals surface area contributed by atoms with Crippen LogP contribution in [0.5, 0.6) is 0 Å². The third-order valence-corrected chi connectivity index (χ3v) is 3.80. The predicted octanol–water partition coefficient (Wildman–Crippen LogP) is 3.27. The maximum atomic E-state index is 12.1. The minimum absolute atomic E-state index is 0.191. The van der Waals surface area contributed by atoms with Gasteiger partial charge in [0.2, 0.25) is 0 Å². The Kier molecular flexibility index (Phi) is 5.90. The summed E-state index contributed by atoms with van der Waals surface area (Å²) in [5, 5.41) is 19.2. The van der Waals surface area contributed by atoms with Crippen molar-refractivity contribution < 1.29 is 4.79 Å². The van der Waals surface area contributed by atoms with Crippen molar-refractivity contribution >= 4 is 40.7 Å². The number of aromatic amines is 1. The Morgan fingerprint density at radius 3 is 2.71 bits per heavy atom. The summed E-state index contributed by atoms with van der Waals surface area (Å²) < 4.78 is 0. The average Bonchev–Trinajstić information content (AvgIpc) is 2.86. The summed E-state index contributed by atoms with van der Waals surface area (Å²) in [7, 11) is 1.67. The fraction of sp³-hybridized carbons (Fsp3) is 0.267. The molecule has 9 heteroatoms. The van der Waals surface area contributed by atoms with Crippen LogP contribution < -0.4 is 11.1 Å². The van der Waals surface area contributed by atoms with E-state index in [1.54, 1.807) is 25.2 Å². The van der Waals surface area contributed by atoms with E-state index in [9.17, 15) is 4.79 Å². The van der Waals surface area contributed by atoms with Crippen molar-refractivity contribution in [3.63, 3.8) is 0 Å². The number of urea groups is 1. The number of anilines is 2. The first-order valence-corrected chi connectivity index (χ1v) is 7.87. The van der Waals surface area contributed by atoms with Crippen LogP contribution in [0.15, 0.2) is 18.2 Å². The molecule has 2 rings (SSSR count). The quantitative estimate of drug-likeness (QED) is 0.753. The minimum Gasteiger partial charge on any atom is -0.381 e. The first kappa shape index (κ1) is 17.9. The van der Waals surface area contributed by atoms with Gasteiger partial charge in [-0.15, -0.1) is 0 Å². The van der Waals surface area contributed by atoms with Crippen molar-refractivity contribution in [2.24, 2.45) is 0 Å². The largest absolute Gasteiger partial charge is 0.381 e. The lowest BCUT2D eigenvalue weighted by Crippen LogP contribution is -2.32. The van der Waals surface area contributed by atoms with E-state index in [2.05, 4.69) is 15.5 Å². The van der Waals surface area contributed by atoms with Crippen LogP contribution in [0, 0.1) is 11.3 Å². The molecule has 126 valence electrons. The van der Waals surface area contributed by atoms with E-state index < -0.39 is 0 Å². The zero-order valence-electron chi connectivity index (χ0n) is 12.9. The summed E-state index contributed by atoms with van der Waals surface area (Å²) in [5.74, 6) is 0.191. The molecule has 4 N–H and O–H groups in total. The number of H-pyrrole nitrogens is 1. The standard InChI is InChI=1S/C15H16Cl2N6O/c1-23(4-2-3-13-12(8-18)14(19)22-21-13)15(24)20-11-6-9(16)5-10(17)7-11/h5-7H,2-4H2,1H3,(H,20,24)(H3,19,21,22). The van der Waals surface area contributed by atoms with E-state index in [1.807, 2.05) is 6.07 Å². The van der Waals surface area contributed by atoms with Gasteiger partial charge in [-0.3, -0.25) is 5.10 Å². The first-order valence-electron chi connectivity index (χ1n) is 7.11. The van der Waals surface area contributed by atoms with Gasteiger partial charge >= 0.3 is 6.03 Å². The number of nitrogens with one attached hydrogen (secondary N) is 2. The first-order chi connectivity index (χ1) is 11.4. The number of nitrogens with two attached hydrogens (primary N) is 1. The Morgan fingerprint density at radius 2 is 2.08 bits per heavy atom. The van der Waals surface area contributed by atoms with Crippen LogP contribution in [0.25, 0.3) is 0 Å². The van der Waals surface area contributed by atoms with E-state index in [-0.39, 0.29) is 11.8 Å². The van der Waals surface area contributed by atoms with Gasteiger partial charge in [-0.25, -0.2) is 4.79 Å². The van der Waals surface area contributed by atoms with Crippen molar-refractivity contribution in [3.05, 3.63) is 39.5 Å². The molecule has 0 saturated heterocycles. The normalized spacial score (nSPS) is 10.2. The molecule has 0 atom stereocenters. The monoisotopic (exact) mass is 366 g/mol. The molecule has 2 aromatic rings. The van der Waals surface area contributed by atoms with Gasteiger partial charge in [-0.2, -0.15) is 10.4 Å². The van der Waals surface area contributed by atoms with Crippen molar-refractivity contribution in [2.75, 3.05) is 24.6 Å². The van der Waals surface area contributed by atoms with Gasteiger partial charge in [-0.05, 0) is 31.0 Å². The lowest BCUT2D eigenvalue weighted by Gasteiger charge is -2.18. The number of nitriles is 1. The molecule has 0 saturated carbocycles. The van der Waals surface area contributed by atoms with Gasteiger partial charge in [0.05, 0.1) is 5.69 Å². The number of aryl methyl sites for hydroxylation is 1. The Labute approximate surface area is 149 Å². The number of nitrogens with zero attached hydrogens (tertiary/aromatic N) is 3. The Morgan fingerprint density at radius 1 is 1.42 bits per heavy atom. The number of hydrogen-bond acceptors (Lipinski definition) is 4. The Hall–Kier alpha value is -2.43. The van der Waals surface area contributed by atoms with Crippen molar-refractivity contribution in [2.45, 2.75) is 12.8 Å². The van der Waals surface area contributed by atoms with Gasteiger partial charge < -0.3 is 16.0 Å². The molecular weight excluding hydrogens is 351 g/mol. The number of aromatic nitrogens is 2. The summed E-state index contributed by atoms with van der Waals surface area (Å²) in [6, 6.07) is 6.55. The second kappa shape index (κ2) is 7.90. The number of rotatable bonds is 5. The van der Waals surface area contributed by atoms with Gasteiger partial charge in [0.1, 0.15) is 11.6 Å². The highest BCUT2D eigenvalue weighted by Crippen LogP contribution is 2.22. The van der Waals surface area contributed by atoms with E-state index >= 15 is 0 Å². The van der Waals surface area contributed by atoms with E-state index in [4.69, 9.17) is 34.2 Å².